The number of hydrogen-bond donors (Lipinski definition) is 0. The van der Waals surface area contributed by atoms with Crippen molar-refractivity contribution in [2.75, 3.05) is 0 Å². The van der Waals surface area contributed by atoms with E-state index in [1.165, 1.54) is 0 Å². The molecule has 0 saturated heterocycles. The van der Waals surface area contributed by atoms with Gasteiger partial charge in [-0.05, 0) is 0 Å². The molecular weight excluding hydrogens is 321 g/mol. The van der Waals surface area contributed by atoms with Crippen LogP contribution >= 0.6 is 17.2 Å². The van der Waals surface area contributed by atoms with Crippen LogP contribution < -0.4 is 0 Å². The van der Waals surface area contributed by atoms with E-state index in [-0.39, 0.29) is 0 Å². The van der Waals surface area contributed by atoms with Gasteiger partial charge in [0.05, 0.1) is 0 Å². The molecule has 0 aliphatic heterocycles. The fraction of sp³-hybridized carbons (Fsp3) is 0.333. The van der Waals surface area contributed by atoms with Crippen LogP contribution in [0.25, 0.3) is 0 Å². The molecule has 52 valence electrons. The summed E-state index contributed by atoms with van der Waals surface area (Å²) < 4.78 is 1.64. The summed E-state index contributed by atoms with van der Waals surface area (Å²) in [5.41, 5.74) is 0. The molecule has 0 aromatic carbocycles. The summed E-state index contributed by atoms with van der Waals surface area (Å²) in [5.74, 6) is 0. The van der Waals surface area contributed by atoms with Crippen molar-refractivity contribution in [2.24, 2.45) is 0 Å². The summed E-state index contributed by atoms with van der Waals surface area (Å²) in [4.78, 5) is 0. The second kappa shape index (κ2) is 4.70. The quantitative estimate of drug-likeness (QED) is 0.545. The van der Waals surface area contributed by atoms with Gasteiger partial charge in [-0.15, -0.1) is 0 Å². The van der Waals surface area contributed by atoms with Gasteiger partial charge in [0.25, 0.3) is 0 Å². The molecule has 0 rings (SSSR count). The Kier molecular flexibility index (Phi) is 5.19. The molecule has 9 heavy (non-hydrogen) atoms. The molecule has 0 spiro atoms. The molecule has 0 nitrogen and oxygen atoms in total. The molecule has 0 fully saturated rings. The molecule has 0 heterocycles. The maximum absolute atomic E-state index is 5.98. The zero-order chi connectivity index (χ0) is 7.33. The summed E-state index contributed by atoms with van der Waals surface area (Å²) in [7, 11) is 12.0. The Hall–Kier alpha value is 0.930. The molecule has 0 unspecified atom stereocenters. The maximum atomic E-state index is 5.98. The van der Waals surface area contributed by atoms with Crippen molar-refractivity contribution in [1.82, 2.24) is 0 Å². The van der Waals surface area contributed by atoms with Crippen molar-refractivity contribution in [3.63, 3.8) is 0 Å². The molecule has 0 radical (unpaired) electrons. The molecule has 0 saturated carbocycles. The van der Waals surface area contributed by atoms with Gasteiger partial charge in [-0.2, -0.15) is 0 Å². The number of rotatable bonds is 4. The van der Waals surface area contributed by atoms with Gasteiger partial charge in [0.1, 0.15) is 0 Å². The first-order valence-corrected chi connectivity index (χ1v) is 16.7. The Bertz CT molecular complexity index is 97.6. The van der Waals surface area contributed by atoms with E-state index in [0.29, 0.717) is 0 Å². The van der Waals surface area contributed by atoms with E-state index in [1.54, 1.807) is 12.2 Å². The molecule has 0 aromatic rings. The molecule has 0 atom stereocenters. The normalized spacial score (nSPS) is 10.9. The SMILES string of the molecule is C=C[CH2][Hf]([Cl])([Cl])[CH2]C=C. The molecule has 0 aliphatic carbocycles. The van der Waals surface area contributed by atoms with Gasteiger partial charge in [-0.1, -0.05) is 0 Å². The Morgan fingerprint density at radius 2 is 1.44 bits per heavy atom. The van der Waals surface area contributed by atoms with Gasteiger partial charge >= 0.3 is 68.4 Å². The van der Waals surface area contributed by atoms with Gasteiger partial charge in [-0.3, -0.25) is 0 Å². The van der Waals surface area contributed by atoms with Gasteiger partial charge in [-0.25, -0.2) is 0 Å². The predicted octanol–water partition coefficient (Wildman–Crippen LogP) is 3.66. The predicted molar refractivity (Wildman–Crippen MR) is 41.7 cm³/mol. The first-order valence-electron chi connectivity index (χ1n) is 2.72. The molecule has 0 amide bonds. The monoisotopic (exact) mass is 332 g/mol. The van der Waals surface area contributed by atoms with Crippen molar-refractivity contribution in [1.29, 1.82) is 0 Å². The Labute approximate surface area is 68.0 Å². The average Bonchev–Trinajstić information content (AvgIpc) is 1.64. The molecule has 0 aromatic heterocycles. The molecule has 0 aliphatic rings. The van der Waals surface area contributed by atoms with Gasteiger partial charge in [0.15, 0.2) is 0 Å². The Morgan fingerprint density at radius 1 is 1.11 bits per heavy atom. The van der Waals surface area contributed by atoms with Crippen molar-refractivity contribution in [3.8, 4) is 0 Å². The Morgan fingerprint density at radius 3 is 1.67 bits per heavy atom. The third kappa shape index (κ3) is 5.38. The summed E-state index contributed by atoms with van der Waals surface area (Å²) in [6, 6.07) is 0. The van der Waals surface area contributed by atoms with Crippen molar-refractivity contribution in [2.45, 2.75) is 8.35 Å². The standard InChI is InChI=1S/2C3H5.2ClH.Hf/c2*1-3-2;;;/h2*3H,1-2H2;2*1H;/q;;;;+2/p-2. The van der Waals surface area contributed by atoms with E-state index >= 15 is 0 Å². The summed E-state index contributed by atoms with van der Waals surface area (Å²) in [6.45, 7) is 7.16. The minimum atomic E-state index is -2.78. The van der Waals surface area contributed by atoms with Crippen molar-refractivity contribution < 1.29 is 17.6 Å². The van der Waals surface area contributed by atoms with Crippen LogP contribution in [0.2, 0.25) is 8.35 Å². The van der Waals surface area contributed by atoms with Gasteiger partial charge in [0.2, 0.25) is 0 Å². The first kappa shape index (κ1) is 9.93. The van der Waals surface area contributed by atoms with Gasteiger partial charge < -0.3 is 0 Å². The second-order valence-corrected chi connectivity index (χ2v) is 24.4. The van der Waals surface area contributed by atoms with Crippen LogP contribution in [0.15, 0.2) is 25.3 Å². The van der Waals surface area contributed by atoms with Crippen LogP contribution in [-0.4, -0.2) is 0 Å². The van der Waals surface area contributed by atoms with E-state index in [9.17, 15) is 0 Å². The van der Waals surface area contributed by atoms with Crippen LogP contribution in [0.4, 0.5) is 0 Å². The fourth-order valence-corrected chi connectivity index (χ4v) is 7.71. The van der Waals surface area contributed by atoms with E-state index in [4.69, 9.17) is 17.2 Å². The zero-order valence-corrected chi connectivity index (χ0v) is 10.3. The fourth-order valence-electron chi connectivity index (χ4n) is 0.506. The number of halogens is 2. The summed E-state index contributed by atoms with van der Waals surface area (Å²) in [5, 5.41) is 0. The van der Waals surface area contributed by atoms with Gasteiger partial charge in [0, 0.05) is 0 Å². The van der Waals surface area contributed by atoms with E-state index in [1.807, 2.05) is 0 Å². The van der Waals surface area contributed by atoms with Crippen LogP contribution in [0.3, 0.4) is 0 Å². The first-order chi connectivity index (χ1) is 4.12. The van der Waals surface area contributed by atoms with Crippen LogP contribution in [0, 0.1) is 0 Å². The number of hydrogen-bond acceptors (Lipinski definition) is 0. The third-order valence-electron chi connectivity index (χ3n) is 0.886. The van der Waals surface area contributed by atoms with E-state index in [2.05, 4.69) is 13.2 Å². The number of allylic oxidation sites excluding steroid dienone is 2. The summed E-state index contributed by atoms with van der Waals surface area (Å²) >= 11 is -2.78. The van der Waals surface area contributed by atoms with Crippen LogP contribution in [0.1, 0.15) is 0 Å². The van der Waals surface area contributed by atoms with Crippen LogP contribution in [-0.2, 0) is 17.6 Å². The third-order valence-corrected chi connectivity index (χ3v) is 12.3. The Balaban J connectivity index is 3.68. The molecular formula is C6H10Cl2Hf. The molecule has 3 heteroatoms. The summed E-state index contributed by atoms with van der Waals surface area (Å²) in [6.07, 6.45) is 3.59. The minimum absolute atomic E-state index is 0.822. The average molecular weight is 332 g/mol. The zero-order valence-electron chi connectivity index (χ0n) is 5.24. The topological polar surface area (TPSA) is 0 Å². The molecule has 0 N–H and O–H groups in total. The van der Waals surface area contributed by atoms with E-state index in [0.717, 1.165) is 8.35 Å². The van der Waals surface area contributed by atoms with Crippen molar-refractivity contribution >= 4 is 17.2 Å². The van der Waals surface area contributed by atoms with Crippen LogP contribution in [0.5, 0.6) is 0 Å². The van der Waals surface area contributed by atoms with Crippen molar-refractivity contribution in [3.05, 3.63) is 25.3 Å². The van der Waals surface area contributed by atoms with E-state index < -0.39 is 17.6 Å². The second-order valence-electron chi connectivity index (χ2n) is 1.84. The molecule has 0 bridgehead atoms.